The summed E-state index contributed by atoms with van der Waals surface area (Å²) in [5, 5.41) is -0.286. The van der Waals surface area contributed by atoms with Crippen molar-refractivity contribution in [3.05, 3.63) is 51.5 Å². The number of alkyl halides is 1. The van der Waals surface area contributed by atoms with Gasteiger partial charge in [0.2, 0.25) is 0 Å². The van der Waals surface area contributed by atoms with Crippen LogP contribution < -0.4 is 4.74 Å². The van der Waals surface area contributed by atoms with Gasteiger partial charge in [0.15, 0.2) is 11.6 Å². The zero-order chi connectivity index (χ0) is 14.9. The number of thiophene rings is 1. The van der Waals surface area contributed by atoms with Crippen molar-refractivity contribution in [2.24, 2.45) is 0 Å². The highest BCUT2D eigenvalue weighted by atomic mass is 35.5. The molecule has 1 aromatic carbocycles. The largest absolute Gasteiger partial charge is 0.494 e. The van der Waals surface area contributed by atoms with E-state index in [1.807, 2.05) is 6.07 Å². The molecule has 0 radical (unpaired) electrons. The van der Waals surface area contributed by atoms with Crippen molar-refractivity contribution in [2.75, 3.05) is 7.11 Å². The summed E-state index contributed by atoms with van der Waals surface area (Å²) in [6.45, 7) is 6.52. The third kappa shape index (κ3) is 3.15. The fraction of sp³-hybridized carbons (Fsp3) is 0.375. The molecule has 0 aliphatic rings. The minimum absolute atomic E-state index is 0.111. The summed E-state index contributed by atoms with van der Waals surface area (Å²) < 4.78 is 18.4. The molecule has 1 nitrogen and oxygen atoms in total. The van der Waals surface area contributed by atoms with Crippen LogP contribution in [0.2, 0.25) is 0 Å². The maximum atomic E-state index is 13.4. The smallest absolute Gasteiger partial charge is 0.165 e. The number of hydrogen-bond acceptors (Lipinski definition) is 2. The van der Waals surface area contributed by atoms with Gasteiger partial charge in [-0.05, 0) is 35.2 Å². The molecule has 1 aromatic heterocycles. The normalized spacial score (nSPS) is 13.3. The van der Waals surface area contributed by atoms with Crippen molar-refractivity contribution < 1.29 is 9.13 Å². The molecule has 2 rings (SSSR count). The first-order chi connectivity index (χ1) is 9.32. The molecule has 1 heterocycles. The number of methoxy groups -OCH3 is 1. The summed E-state index contributed by atoms with van der Waals surface area (Å²) >= 11 is 8.20. The average molecular weight is 313 g/mol. The zero-order valence-electron chi connectivity index (χ0n) is 12.0. The van der Waals surface area contributed by atoms with Crippen molar-refractivity contribution in [1.29, 1.82) is 0 Å². The first-order valence-electron chi connectivity index (χ1n) is 6.40. The van der Waals surface area contributed by atoms with Gasteiger partial charge in [-0.25, -0.2) is 4.39 Å². The van der Waals surface area contributed by atoms with Gasteiger partial charge in [-0.1, -0.05) is 26.8 Å². The van der Waals surface area contributed by atoms with E-state index in [1.165, 1.54) is 18.1 Å². The van der Waals surface area contributed by atoms with Crippen molar-refractivity contribution in [3.63, 3.8) is 0 Å². The molecule has 4 heteroatoms. The Morgan fingerprint density at radius 1 is 1.20 bits per heavy atom. The lowest BCUT2D eigenvalue weighted by molar-refractivity contribution is 0.386. The van der Waals surface area contributed by atoms with Crippen molar-refractivity contribution >= 4 is 22.9 Å². The molecule has 1 atom stereocenters. The summed E-state index contributed by atoms with van der Waals surface area (Å²) in [6.07, 6.45) is 0. The molecular weight excluding hydrogens is 295 g/mol. The monoisotopic (exact) mass is 312 g/mol. The molecule has 0 fully saturated rings. The number of ether oxygens (including phenoxy) is 1. The lowest BCUT2D eigenvalue weighted by Gasteiger charge is -2.15. The second-order valence-corrected chi connectivity index (χ2v) is 7.26. The van der Waals surface area contributed by atoms with Gasteiger partial charge in [-0.15, -0.1) is 22.9 Å². The van der Waals surface area contributed by atoms with E-state index in [1.54, 1.807) is 23.5 Å². The molecule has 0 amide bonds. The van der Waals surface area contributed by atoms with Crippen LogP contribution in [0.1, 0.15) is 41.5 Å². The Hall–Kier alpha value is -1.06. The van der Waals surface area contributed by atoms with Crippen molar-refractivity contribution in [2.45, 2.75) is 31.6 Å². The van der Waals surface area contributed by atoms with E-state index in [9.17, 15) is 4.39 Å². The second kappa shape index (κ2) is 5.74. The maximum Gasteiger partial charge on any atom is 0.165 e. The van der Waals surface area contributed by atoms with Crippen molar-refractivity contribution in [1.82, 2.24) is 0 Å². The van der Waals surface area contributed by atoms with Gasteiger partial charge in [-0.3, -0.25) is 0 Å². The Morgan fingerprint density at radius 3 is 2.45 bits per heavy atom. The first kappa shape index (κ1) is 15.3. The van der Waals surface area contributed by atoms with Crippen LogP contribution in [0.5, 0.6) is 5.75 Å². The van der Waals surface area contributed by atoms with Crippen LogP contribution >= 0.6 is 22.9 Å². The van der Waals surface area contributed by atoms with E-state index >= 15 is 0 Å². The Kier molecular flexibility index (Phi) is 4.40. The quantitative estimate of drug-likeness (QED) is 0.678. The van der Waals surface area contributed by atoms with Gasteiger partial charge in [0, 0.05) is 9.75 Å². The lowest BCUT2D eigenvalue weighted by atomic mass is 9.95. The standard InChI is InChI=1S/C16H18ClFOS/c1-16(2,3)14-8-7-13(20-14)15(17)10-5-6-11(18)12(9-10)19-4/h5-9,15H,1-4H3. The van der Waals surface area contributed by atoms with Crippen LogP contribution in [0.3, 0.4) is 0 Å². The first-order valence-corrected chi connectivity index (χ1v) is 7.66. The second-order valence-electron chi connectivity index (χ2n) is 5.71. The van der Waals surface area contributed by atoms with Gasteiger partial charge in [-0.2, -0.15) is 0 Å². The summed E-state index contributed by atoms with van der Waals surface area (Å²) in [5.74, 6) is -0.151. The van der Waals surface area contributed by atoms with E-state index in [0.29, 0.717) is 0 Å². The number of halogens is 2. The predicted octanol–water partition coefficient (Wildman–Crippen LogP) is 5.52. The van der Waals surface area contributed by atoms with Gasteiger partial charge >= 0.3 is 0 Å². The SMILES string of the molecule is COc1cc(C(Cl)c2ccc(C(C)(C)C)s2)ccc1F. The molecule has 0 saturated carbocycles. The Balaban J connectivity index is 2.31. The molecule has 2 aromatic rings. The van der Waals surface area contributed by atoms with Gasteiger partial charge in [0.25, 0.3) is 0 Å². The van der Waals surface area contributed by atoms with Gasteiger partial charge < -0.3 is 4.74 Å². The molecule has 0 aliphatic carbocycles. The molecular formula is C16H18ClFOS. The van der Waals surface area contributed by atoms with Gasteiger partial charge in [0.1, 0.15) is 0 Å². The lowest BCUT2D eigenvalue weighted by Crippen LogP contribution is -2.07. The Bertz CT molecular complexity index is 601. The topological polar surface area (TPSA) is 9.23 Å². The molecule has 0 bridgehead atoms. The molecule has 108 valence electrons. The fourth-order valence-corrected chi connectivity index (χ4v) is 3.30. The third-order valence-corrected chi connectivity index (χ3v) is 5.28. The molecule has 20 heavy (non-hydrogen) atoms. The van der Waals surface area contributed by atoms with E-state index in [0.717, 1.165) is 10.4 Å². The molecule has 1 unspecified atom stereocenters. The van der Waals surface area contributed by atoms with E-state index in [-0.39, 0.29) is 22.4 Å². The van der Waals surface area contributed by atoms with Crippen LogP contribution in [-0.2, 0) is 5.41 Å². The third-order valence-electron chi connectivity index (χ3n) is 3.08. The van der Waals surface area contributed by atoms with Crippen LogP contribution in [0.15, 0.2) is 30.3 Å². The highest BCUT2D eigenvalue weighted by Crippen LogP contribution is 2.38. The number of rotatable bonds is 3. The Labute approximate surface area is 128 Å². The minimum atomic E-state index is -0.373. The Morgan fingerprint density at radius 2 is 1.90 bits per heavy atom. The summed E-state index contributed by atoms with van der Waals surface area (Å²) in [7, 11) is 1.45. The van der Waals surface area contributed by atoms with Crippen LogP contribution in [0, 0.1) is 5.82 Å². The fourth-order valence-electron chi connectivity index (χ4n) is 1.89. The number of benzene rings is 1. The summed E-state index contributed by atoms with van der Waals surface area (Å²) in [6, 6.07) is 8.90. The maximum absolute atomic E-state index is 13.4. The van der Waals surface area contributed by atoms with E-state index < -0.39 is 0 Å². The van der Waals surface area contributed by atoms with Gasteiger partial charge in [0.05, 0.1) is 12.5 Å². The number of hydrogen-bond donors (Lipinski definition) is 0. The van der Waals surface area contributed by atoms with Crippen LogP contribution in [0.4, 0.5) is 4.39 Å². The highest BCUT2D eigenvalue weighted by Gasteiger charge is 2.20. The van der Waals surface area contributed by atoms with Crippen LogP contribution in [-0.4, -0.2) is 7.11 Å². The van der Waals surface area contributed by atoms with Crippen molar-refractivity contribution in [3.8, 4) is 5.75 Å². The van der Waals surface area contributed by atoms with Crippen LogP contribution in [0.25, 0.3) is 0 Å². The molecule has 0 saturated heterocycles. The summed E-state index contributed by atoms with van der Waals surface area (Å²) in [4.78, 5) is 2.34. The molecule has 0 spiro atoms. The zero-order valence-corrected chi connectivity index (χ0v) is 13.6. The molecule has 0 aliphatic heterocycles. The summed E-state index contributed by atoms with van der Waals surface area (Å²) in [5.41, 5.74) is 0.951. The van der Waals surface area contributed by atoms with E-state index in [2.05, 4.69) is 26.8 Å². The van der Waals surface area contributed by atoms with E-state index in [4.69, 9.17) is 16.3 Å². The predicted molar refractivity (Wildman–Crippen MR) is 83.7 cm³/mol. The average Bonchev–Trinajstić information content (AvgIpc) is 2.88. The minimum Gasteiger partial charge on any atom is -0.494 e. The highest BCUT2D eigenvalue weighted by molar-refractivity contribution is 7.12. The molecule has 0 N–H and O–H groups in total.